The lowest BCUT2D eigenvalue weighted by Crippen LogP contribution is -2.34. The number of nitrogens with zero attached hydrogens (tertiary/aromatic N) is 4. The number of carbonyl (C=O) groups is 4. The number of ether oxygens (including phenoxy) is 2. The second-order valence-electron chi connectivity index (χ2n) is 23.0. The van der Waals surface area contributed by atoms with Crippen molar-refractivity contribution in [2.24, 2.45) is 16.2 Å². The van der Waals surface area contributed by atoms with Gasteiger partial charge < -0.3 is 28.3 Å². The summed E-state index contributed by atoms with van der Waals surface area (Å²) in [5.41, 5.74) is 11.6. The Morgan fingerprint density at radius 1 is 0.585 bits per heavy atom. The summed E-state index contributed by atoms with van der Waals surface area (Å²) in [6.45, 7) is 16.0. The topological polar surface area (TPSA) is 140 Å². The maximum atomic E-state index is 14.7. The molecule has 10 aromatic rings. The summed E-state index contributed by atoms with van der Waals surface area (Å²) in [5.74, 6) is -3.92. The normalized spacial score (nSPS) is 12.2. The van der Waals surface area contributed by atoms with Crippen molar-refractivity contribution in [3.8, 4) is 17.8 Å². The molecule has 0 saturated heterocycles. The van der Waals surface area contributed by atoms with Crippen LogP contribution in [0, 0.1) is 45.6 Å². The number of aromatic nitrogens is 2. The third-order valence-electron chi connectivity index (χ3n) is 16.3. The van der Waals surface area contributed by atoms with Gasteiger partial charge in [0.15, 0.2) is 18.2 Å². The van der Waals surface area contributed by atoms with E-state index in [0.29, 0.717) is 46.0 Å². The molecule has 0 fully saturated rings. The van der Waals surface area contributed by atoms with Crippen LogP contribution >= 0.6 is 0 Å². The number of rotatable bonds is 22. The molecule has 0 N–H and O–H groups in total. The number of benzene rings is 8. The zero-order valence-electron chi connectivity index (χ0n) is 53.1. The standard InChI is InChI=1S/C46H46F4N2O4.C29H24F2N2O4.CH4/c1-7-9-14-31(8-2)25-52-39-20-19-32(42(51-56-30(6)53)35-17-12-13-18-40(35)55-26-46(49,50)45(47)48)23-36(39)37-24-38(33-15-10-11-16-34(33)43(37)52)44(54)41-28(4)21-27(3)22-29(41)5;1-18-6-4-5-7-23(18)29(35)22-9-11-27-25(17-22)24-16-21(19(2)32-37-20(3)34)8-10-26(24)33(27)13-15-36-14-12-28(30)31;/h10-13,15-24,31,45H,7-9,14,25-26H2,1-6H3;4-11,16-17,28H,13,15H2,1-3H3;1H4/b51-42+;32-19+;. The number of para-hydroxylation sites is 1. The molecule has 94 heavy (non-hydrogen) atoms. The van der Waals surface area contributed by atoms with E-state index < -0.39 is 37.3 Å². The molecule has 0 saturated carbocycles. The van der Waals surface area contributed by atoms with Crippen molar-refractivity contribution in [1.29, 1.82) is 0 Å². The summed E-state index contributed by atoms with van der Waals surface area (Å²) in [4.78, 5) is 61.1. The molecule has 0 spiro atoms. The third-order valence-corrected chi connectivity index (χ3v) is 16.3. The van der Waals surface area contributed by atoms with Crippen molar-refractivity contribution in [1.82, 2.24) is 9.13 Å². The van der Waals surface area contributed by atoms with Gasteiger partial charge >= 0.3 is 30.7 Å². The lowest BCUT2D eigenvalue weighted by atomic mass is 9.89. The van der Waals surface area contributed by atoms with E-state index in [2.05, 4.69) is 28.7 Å². The van der Waals surface area contributed by atoms with E-state index in [1.165, 1.54) is 32.0 Å². The number of unbranched alkanes of at least 4 members (excludes halogenated alkanes) is 1. The first-order valence-corrected chi connectivity index (χ1v) is 30.5. The number of halogens is 6. The Labute approximate surface area is 542 Å². The molecular formula is C76H74F6N4O8. The van der Waals surface area contributed by atoms with Crippen molar-refractivity contribution in [2.75, 3.05) is 13.2 Å². The highest BCUT2D eigenvalue weighted by atomic mass is 19.3. The Balaban J connectivity index is 0.000000259. The number of ketones is 2. The number of hydrogen-bond acceptors (Lipinski definition) is 10. The highest BCUT2D eigenvalue weighted by Gasteiger charge is 2.42. The van der Waals surface area contributed by atoms with Crippen LogP contribution in [-0.4, -0.2) is 76.0 Å². The molecule has 0 bridgehead atoms. The summed E-state index contributed by atoms with van der Waals surface area (Å²) in [6.07, 6.45) is -0.468. The van der Waals surface area contributed by atoms with Gasteiger partial charge in [0.25, 0.3) is 0 Å². The number of fused-ring (bicyclic) bond motifs is 8. The SMILES string of the molecule is C.CC(=O)O/N=C(\C)c1ccc2c(c1)c1cc(C(=O)c3ccccc3C)ccc1n2CCOC#CC(F)F.CCCCC(CC)Cn1c2ccc(/C(=N\OC(C)=O)c3ccccc3OCC(F)(F)C(F)F)cc2c2cc(C(=O)c3c(C)cc(C)cc3C)c3ccccc3c21. The van der Waals surface area contributed by atoms with Gasteiger partial charge in [0, 0.05) is 103 Å². The number of carbonyl (C=O) groups excluding carboxylic acids is 4. The van der Waals surface area contributed by atoms with E-state index in [1.54, 1.807) is 37.1 Å². The van der Waals surface area contributed by atoms with E-state index in [9.17, 15) is 45.5 Å². The Kier molecular flexibility index (Phi) is 22.7. The Morgan fingerprint density at radius 2 is 1.15 bits per heavy atom. The van der Waals surface area contributed by atoms with E-state index in [1.807, 2.05) is 141 Å². The molecule has 2 heterocycles. The Hall–Kier alpha value is -10.0. The summed E-state index contributed by atoms with van der Waals surface area (Å²) >= 11 is 0. The average molecular weight is 1290 g/mol. The predicted molar refractivity (Wildman–Crippen MR) is 359 cm³/mol. The third kappa shape index (κ3) is 15.5. The molecular weight excluding hydrogens is 1210 g/mol. The summed E-state index contributed by atoms with van der Waals surface area (Å²) in [5, 5.41) is 13.1. The monoisotopic (exact) mass is 1280 g/mol. The molecule has 8 aromatic carbocycles. The van der Waals surface area contributed by atoms with Crippen LogP contribution in [0.15, 0.2) is 156 Å². The minimum absolute atomic E-state index is 0. The van der Waals surface area contributed by atoms with Gasteiger partial charge in [0.05, 0.1) is 17.8 Å². The van der Waals surface area contributed by atoms with Crippen molar-refractivity contribution in [3.05, 3.63) is 207 Å². The molecule has 0 aliphatic heterocycles. The highest BCUT2D eigenvalue weighted by molar-refractivity contribution is 6.27. The largest absolute Gasteiger partial charge is 0.486 e. The first-order valence-electron chi connectivity index (χ1n) is 30.5. The van der Waals surface area contributed by atoms with Crippen molar-refractivity contribution >= 4 is 89.3 Å². The molecule has 488 valence electrons. The zero-order valence-corrected chi connectivity index (χ0v) is 53.1. The Morgan fingerprint density at radius 3 is 1.78 bits per heavy atom. The minimum Gasteiger partial charge on any atom is -0.486 e. The van der Waals surface area contributed by atoms with Gasteiger partial charge in [0.2, 0.25) is 0 Å². The lowest BCUT2D eigenvalue weighted by Gasteiger charge is -2.19. The highest BCUT2D eigenvalue weighted by Crippen LogP contribution is 2.40. The van der Waals surface area contributed by atoms with E-state index in [4.69, 9.17) is 19.1 Å². The van der Waals surface area contributed by atoms with Crippen LogP contribution in [0.4, 0.5) is 26.3 Å². The van der Waals surface area contributed by atoms with Crippen LogP contribution in [0.3, 0.4) is 0 Å². The van der Waals surface area contributed by atoms with Crippen LogP contribution in [0.1, 0.15) is 139 Å². The van der Waals surface area contributed by atoms with Crippen LogP contribution in [0.2, 0.25) is 0 Å². The summed E-state index contributed by atoms with van der Waals surface area (Å²) in [6, 6.07) is 44.1. The minimum atomic E-state index is -4.40. The van der Waals surface area contributed by atoms with Gasteiger partial charge in [0.1, 0.15) is 24.2 Å². The molecule has 1 unspecified atom stereocenters. The second kappa shape index (κ2) is 30.6. The molecule has 0 aliphatic rings. The molecule has 18 heteroatoms. The van der Waals surface area contributed by atoms with Crippen LogP contribution < -0.4 is 4.74 Å². The molecule has 2 aromatic heterocycles. The van der Waals surface area contributed by atoms with Gasteiger partial charge in [-0.25, -0.2) is 18.4 Å². The quantitative estimate of drug-likeness (QED) is 0.0124. The van der Waals surface area contributed by atoms with Crippen LogP contribution in [0.5, 0.6) is 5.75 Å². The number of oxime groups is 2. The van der Waals surface area contributed by atoms with E-state index in [-0.39, 0.29) is 42.6 Å². The van der Waals surface area contributed by atoms with Gasteiger partial charge in [-0.15, -0.1) is 0 Å². The maximum Gasteiger partial charge on any atom is 0.340 e. The van der Waals surface area contributed by atoms with Crippen molar-refractivity contribution in [2.45, 2.75) is 127 Å². The van der Waals surface area contributed by atoms with E-state index in [0.717, 1.165) is 114 Å². The number of alkyl halides is 6. The average Bonchev–Trinajstić information content (AvgIpc) is 1.55. The predicted octanol–water partition coefficient (Wildman–Crippen LogP) is 18.4. The molecule has 10 rings (SSSR count). The van der Waals surface area contributed by atoms with Gasteiger partial charge in [-0.2, -0.15) is 17.6 Å². The summed E-state index contributed by atoms with van der Waals surface area (Å²) in [7, 11) is 0. The fourth-order valence-corrected chi connectivity index (χ4v) is 11.9. The fourth-order valence-electron chi connectivity index (χ4n) is 11.9. The fraction of sp³-hybridized carbons (Fsp3) is 0.289. The molecule has 0 amide bonds. The van der Waals surface area contributed by atoms with Crippen molar-refractivity contribution in [3.63, 3.8) is 0 Å². The first-order chi connectivity index (χ1) is 44.5. The Bertz CT molecular complexity index is 4610. The maximum absolute atomic E-state index is 14.7. The van der Waals surface area contributed by atoms with Crippen LogP contribution in [-0.2, 0) is 37.1 Å². The lowest BCUT2D eigenvalue weighted by molar-refractivity contribution is -0.148. The van der Waals surface area contributed by atoms with Crippen molar-refractivity contribution < 1.29 is 64.7 Å². The molecule has 0 aliphatic carbocycles. The van der Waals surface area contributed by atoms with Crippen LogP contribution in [0.25, 0.3) is 54.4 Å². The van der Waals surface area contributed by atoms with Gasteiger partial charge in [-0.3, -0.25) is 9.59 Å². The number of aryl methyl sites for hydroxylation is 4. The molecule has 0 radical (unpaired) electrons. The number of hydrogen-bond donors (Lipinski definition) is 0. The molecule has 12 nitrogen and oxygen atoms in total. The van der Waals surface area contributed by atoms with Gasteiger partial charge in [-0.1, -0.05) is 141 Å². The smallest absolute Gasteiger partial charge is 0.340 e. The second-order valence-corrected chi connectivity index (χ2v) is 23.0. The van der Waals surface area contributed by atoms with E-state index >= 15 is 0 Å². The first kappa shape index (κ1) is 69.9. The van der Waals surface area contributed by atoms with Gasteiger partial charge in [-0.05, 0) is 135 Å². The molecule has 1 atom stereocenters. The zero-order chi connectivity index (χ0) is 66.8. The summed E-state index contributed by atoms with van der Waals surface area (Å²) < 4.78 is 93.4.